The number of fused-ring (bicyclic) bond motifs is 1. The van der Waals surface area contributed by atoms with Crippen LogP contribution >= 0.6 is 15.9 Å². The van der Waals surface area contributed by atoms with Gasteiger partial charge in [-0.25, -0.2) is 14.2 Å². The summed E-state index contributed by atoms with van der Waals surface area (Å²) in [6.45, 7) is 0. The Morgan fingerprint density at radius 1 is 0.946 bits per heavy atom. The number of aromatic nitrogens is 1. The van der Waals surface area contributed by atoms with Crippen molar-refractivity contribution < 1.29 is 18.7 Å². The summed E-state index contributed by atoms with van der Waals surface area (Å²) in [7, 11) is 0. The molecule has 0 spiro atoms. The molecule has 0 aliphatic heterocycles. The first-order valence-electron chi connectivity index (χ1n) is 11.7. The number of amides is 2. The Morgan fingerprint density at radius 3 is 2.46 bits per heavy atom. The highest BCUT2D eigenvalue weighted by Crippen LogP contribution is 2.31. The molecule has 37 heavy (non-hydrogen) atoms. The fourth-order valence-electron chi connectivity index (χ4n) is 3.98. The van der Waals surface area contributed by atoms with E-state index in [0.717, 1.165) is 11.1 Å². The number of benzene rings is 4. The normalized spacial score (nSPS) is 11.9. The molecule has 0 aliphatic rings. The van der Waals surface area contributed by atoms with E-state index in [0.29, 0.717) is 45.4 Å². The quantitative estimate of drug-likeness (QED) is 0.190. The van der Waals surface area contributed by atoms with Crippen LogP contribution in [0, 0.1) is 5.82 Å². The topological polar surface area (TPSA) is 87.4 Å². The molecule has 5 rings (SSSR count). The molecule has 1 atom stereocenters. The van der Waals surface area contributed by atoms with Crippen LogP contribution in [0.25, 0.3) is 22.6 Å². The highest BCUT2D eigenvalue weighted by molar-refractivity contribution is 9.10. The van der Waals surface area contributed by atoms with Crippen LogP contribution in [0.15, 0.2) is 99.9 Å². The summed E-state index contributed by atoms with van der Waals surface area (Å²) < 4.78 is 20.1. The van der Waals surface area contributed by atoms with Crippen LogP contribution in [0.4, 0.5) is 20.6 Å². The van der Waals surface area contributed by atoms with Crippen molar-refractivity contribution in [2.45, 2.75) is 18.9 Å². The van der Waals surface area contributed by atoms with E-state index in [1.165, 1.54) is 12.1 Å². The molecule has 186 valence electrons. The molecule has 4 aromatic carbocycles. The Balaban J connectivity index is 1.19. The molecule has 1 heterocycles. The van der Waals surface area contributed by atoms with Gasteiger partial charge in [0.05, 0.1) is 11.7 Å². The molecule has 1 aromatic heterocycles. The second-order valence-electron chi connectivity index (χ2n) is 8.57. The Hall–Kier alpha value is -4.01. The number of urea groups is 1. The lowest BCUT2D eigenvalue weighted by Gasteiger charge is -2.11. The molecular formula is C29H23BrFN3O3. The number of nitrogens with one attached hydrogen (secondary N) is 2. The summed E-state index contributed by atoms with van der Waals surface area (Å²) in [5, 5.41) is 16.0. The van der Waals surface area contributed by atoms with Crippen LogP contribution in [0.3, 0.4) is 0 Å². The van der Waals surface area contributed by atoms with Gasteiger partial charge < -0.3 is 20.2 Å². The van der Waals surface area contributed by atoms with Gasteiger partial charge in [0.25, 0.3) is 0 Å². The van der Waals surface area contributed by atoms with Crippen molar-refractivity contribution in [3.05, 3.63) is 112 Å². The minimum absolute atomic E-state index is 0.277. The van der Waals surface area contributed by atoms with Crippen LogP contribution < -0.4 is 10.6 Å². The summed E-state index contributed by atoms with van der Waals surface area (Å²) >= 11 is 3.39. The van der Waals surface area contributed by atoms with Crippen molar-refractivity contribution in [3.8, 4) is 11.5 Å². The van der Waals surface area contributed by atoms with E-state index in [1.807, 2.05) is 54.6 Å². The molecule has 0 radical (unpaired) electrons. The van der Waals surface area contributed by atoms with Crippen LogP contribution in [0.2, 0.25) is 0 Å². The van der Waals surface area contributed by atoms with Gasteiger partial charge in [0.2, 0.25) is 5.89 Å². The third-order valence-corrected chi connectivity index (χ3v) is 6.60. The van der Waals surface area contributed by atoms with E-state index in [1.54, 1.807) is 24.3 Å². The Labute approximate surface area is 221 Å². The van der Waals surface area contributed by atoms with Crippen molar-refractivity contribution in [3.63, 3.8) is 0 Å². The van der Waals surface area contributed by atoms with Gasteiger partial charge in [-0.15, -0.1) is 0 Å². The molecule has 6 nitrogen and oxygen atoms in total. The van der Waals surface area contributed by atoms with Gasteiger partial charge >= 0.3 is 6.03 Å². The predicted octanol–water partition coefficient (Wildman–Crippen LogP) is 7.71. The third-order valence-electron chi connectivity index (χ3n) is 5.91. The van der Waals surface area contributed by atoms with Gasteiger partial charge in [-0.05, 0) is 88.4 Å². The highest BCUT2D eigenvalue weighted by Gasteiger charge is 2.14. The summed E-state index contributed by atoms with van der Waals surface area (Å²) in [5.41, 5.74) is 4.70. The zero-order valence-electron chi connectivity index (χ0n) is 19.6. The van der Waals surface area contributed by atoms with Crippen molar-refractivity contribution in [1.29, 1.82) is 0 Å². The van der Waals surface area contributed by atoms with E-state index in [-0.39, 0.29) is 5.89 Å². The monoisotopic (exact) mass is 559 g/mol. The molecule has 0 saturated heterocycles. The summed E-state index contributed by atoms with van der Waals surface area (Å²) in [5.74, 6) is -0.114. The molecule has 5 aromatic rings. The van der Waals surface area contributed by atoms with Crippen LogP contribution in [0.5, 0.6) is 0 Å². The zero-order chi connectivity index (χ0) is 25.8. The minimum atomic E-state index is -0.515. The van der Waals surface area contributed by atoms with Gasteiger partial charge in [0.1, 0.15) is 11.3 Å². The van der Waals surface area contributed by atoms with Crippen molar-refractivity contribution in [1.82, 2.24) is 4.98 Å². The molecule has 1 unspecified atom stereocenters. The Bertz CT molecular complexity index is 1540. The van der Waals surface area contributed by atoms with Crippen LogP contribution in [-0.4, -0.2) is 16.1 Å². The molecular weight excluding hydrogens is 537 g/mol. The molecule has 0 bridgehead atoms. The maximum atomic E-state index is 13.7. The average Bonchev–Trinajstić information content (AvgIpc) is 3.33. The second kappa shape index (κ2) is 10.9. The van der Waals surface area contributed by atoms with E-state index < -0.39 is 18.0 Å². The smallest absolute Gasteiger partial charge is 0.323 e. The number of aryl methyl sites for hydroxylation is 1. The molecule has 8 heteroatoms. The fourth-order valence-corrected chi connectivity index (χ4v) is 4.39. The first-order valence-corrected chi connectivity index (χ1v) is 12.5. The number of hydrogen-bond acceptors (Lipinski definition) is 4. The Kier molecular flexibility index (Phi) is 7.30. The third kappa shape index (κ3) is 6.04. The van der Waals surface area contributed by atoms with Gasteiger partial charge in [0, 0.05) is 15.8 Å². The lowest BCUT2D eigenvalue weighted by atomic mass is 10.0. The lowest BCUT2D eigenvalue weighted by Crippen LogP contribution is -2.19. The highest BCUT2D eigenvalue weighted by atomic mass is 79.9. The van der Waals surface area contributed by atoms with Crippen molar-refractivity contribution >= 4 is 44.4 Å². The van der Waals surface area contributed by atoms with Crippen LogP contribution in [-0.2, 0) is 6.42 Å². The largest absolute Gasteiger partial charge is 0.436 e. The van der Waals surface area contributed by atoms with E-state index in [4.69, 9.17) is 4.42 Å². The number of hydrogen-bond donors (Lipinski definition) is 3. The first-order chi connectivity index (χ1) is 17.9. The first kappa shape index (κ1) is 24.7. The predicted molar refractivity (Wildman–Crippen MR) is 146 cm³/mol. The maximum Gasteiger partial charge on any atom is 0.323 e. The standard InChI is InChI=1S/C29H23BrFN3O3/c30-24-13-9-20(31)16-23(24)28-34-25-17-22(12-15-27(25)37-28)33-29(36)32-21-10-6-18(7-11-21)8-14-26(35)19-4-2-1-3-5-19/h1-7,9-13,15-17,26,35H,8,14H2,(H2,32,33,36). The summed E-state index contributed by atoms with van der Waals surface area (Å²) in [6, 6.07) is 26.1. The molecule has 0 aliphatic carbocycles. The number of aliphatic hydroxyl groups is 1. The summed E-state index contributed by atoms with van der Waals surface area (Å²) in [4.78, 5) is 17.0. The fraction of sp³-hybridized carbons (Fsp3) is 0.103. The van der Waals surface area contributed by atoms with Crippen molar-refractivity contribution in [2.75, 3.05) is 10.6 Å². The second-order valence-corrected chi connectivity index (χ2v) is 9.42. The number of carbonyl (C=O) groups excluding carboxylic acids is 1. The number of anilines is 2. The number of halogens is 2. The molecule has 0 fully saturated rings. The van der Waals surface area contributed by atoms with Gasteiger partial charge in [-0.1, -0.05) is 42.5 Å². The zero-order valence-corrected chi connectivity index (χ0v) is 21.2. The SMILES string of the molecule is O=C(Nc1ccc(CCC(O)c2ccccc2)cc1)Nc1ccc2oc(-c3cc(F)ccc3Br)nc2c1. The van der Waals surface area contributed by atoms with E-state index in [2.05, 4.69) is 31.5 Å². The van der Waals surface area contributed by atoms with E-state index >= 15 is 0 Å². The number of rotatable bonds is 7. The molecule has 3 N–H and O–H groups in total. The Morgan fingerprint density at radius 2 is 1.68 bits per heavy atom. The van der Waals surface area contributed by atoms with Gasteiger partial charge in [0.15, 0.2) is 5.58 Å². The van der Waals surface area contributed by atoms with Gasteiger partial charge in [-0.3, -0.25) is 0 Å². The van der Waals surface area contributed by atoms with Crippen molar-refractivity contribution in [2.24, 2.45) is 0 Å². The van der Waals surface area contributed by atoms with Gasteiger partial charge in [-0.2, -0.15) is 0 Å². The number of nitrogens with zero attached hydrogens (tertiary/aromatic N) is 1. The maximum absolute atomic E-state index is 13.7. The number of carbonyl (C=O) groups is 1. The average molecular weight is 560 g/mol. The summed E-state index contributed by atoms with van der Waals surface area (Å²) in [6.07, 6.45) is 0.812. The molecule has 2 amide bonds. The minimum Gasteiger partial charge on any atom is -0.436 e. The van der Waals surface area contributed by atoms with Crippen LogP contribution in [0.1, 0.15) is 23.7 Å². The lowest BCUT2D eigenvalue weighted by molar-refractivity contribution is 0.168. The number of oxazole rings is 1. The van der Waals surface area contributed by atoms with E-state index in [9.17, 15) is 14.3 Å². The molecule has 0 saturated carbocycles. The number of aliphatic hydroxyl groups excluding tert-OH is 1.